The highest BCUT2D eigenvalue weighted by molar-refractivity contribution is 5.05. The van der Waals surface area contributed by atoms with Crippen LogP contribution in [0.15, 0.2) is 0 Å². The van der Waals surface area contributed by atoms with Gasteiger partial charge in [0.25, 0.3) is 0 Å². The fraction of sp³-hybridized carbons (Fsp3) is 1.00. The molecule has 166 valence electrons. The van der Waals surface area contributed by atoms with Crippen molar-refractivity contribution >= 4 is 0 Å². The highest BCUT2D eigenvalue weighted by Crippen LogP contribution is 2.59. The lowest BCUT2D eigenvalue weighted by Crippen LogP contribution is -2.59. The molecule has 3 heterocycles. The van der Waals surface area contributed by atoms with Crippen LogP contribution in [0.4, 0.5) is 0 Å². The Hall–Kier alpha value is -0.120. The number of nitrogens with zero attached hydrogens (tertiary/aromatic N) is 3. The van der Waals surface area contributed by atoms with Crippen molar-refractivity contribution in [3.05, 3.63) is 0 Å². The lowest BCUT2D eigenvalue weighted by atomic mass is 9.51. The fourth-order valence-electron chi connectivity index (χ4n) is 7.78. The maximum absolute atomic E-state index is 2.91. The van der Waals surface area contributed by atoms with Crippen LogP contribution in [-0.4, -0.2) is 73.1 Å². The monoisotopic (exact) mass is 401 g/mol. The van der Waals surface area contributed by atoms with Gasteiger partial charge in [0.05, 0.1) is 0 Å². The zero-order chi connectivity index (χ0) is 20.3. The largest absolute Gasteiger partial charge is 0.305 e. The van der Waals surface area contributed by atoms with Crippen molar-refractivity contribution in [3.63, 3.8) is 0 Å². The molecule has 0 aromatic carbocycles. The van der Waals surface area contributed by atoms with Crippen molar-refractivity contribution in [1.29, 1.82) is 0 Å². The van der Waals surface area contributed by atoms with E-state index in [0.29, 0.717) is 5.41 Å². The molecule has 0 aromatic rings. The second kappa shape index (κ2) is 7.48. The van der Waals surface area contributed by atoms with Gasteiger partial charge < -0.3 is 9.80 Å². The molecule has 0 amide bonds. The van der Waals surface area contributed by atoms with Crippen LogP contribution < -0.4 is 0 Å². The summed E-state index contributed by atoms with van der Waals surface area (Å²) in [5.74, 6) is 0.982. The molecule has 2 aliphatic carbocycles. The Morgan fingerprint density at radius 2 is 1.21 bits per heavy atom. The molecule has 2 spiro atoms. The average molecular weight is 402 g/mol. The van der Waals surface area contributed by atoms with Gasteiger partial charge in [-0.15, -0.1) is 0 Å². The summed E-state index contributed by atoms with van der Waals surface area (Å²) < 4.78 is 0. The van der Waals surface area contributed by atoms with Crippen molar-refractivity contribution in [2.45, 2.75) is 97.1 Å². The molecule has 1 unspecified atom stereocenters. The molecule has 0 aromatic heterocycles. The van der Waals surface area contributed by atoms with Crippen LogP contribution in [0.1, 0.15) is 85.0 Å². The van der Waals surface area contributed by atoms with Gasteiger partial charge in [-0.1, -0.05) is 20.8 Å². The Morgan fingerprint density at radius 1 is 0.690 bits per heavy atom. The Labute approximate surface area is 180 Å². The first-order valence-electron chi connectivity index (χ1n) is 12.9. The summed E-state index contributed by atoms with van der Waals surface area (Å²) in [5, 5.41) is 0. The lowest BCUT2D eigenvalue weighted by molar-refractivity contribution is -0.0982. The summed E-state index contributed by atoms with van der Waals surface area (Å²) in [7, 11) is 2.31. The predicted octanol–water partition coefficient (Wildman–Crippen LogP) is 4.86. The van der Waals surface area contributed by atoms with E-state index in [1.54, 1.807) is 0 Å². The lowest BCUT2D eigenvalue weighted by Gasteiger charge is -2.60. The van der Waals surface area contributed by atoms with E-state index >= 15 is 0 Å². The highest BCUT2D eigenvalue weighted by atomic mass is 15.2. The van der Waals surface area contributed by atoms with E-state index in [1.165, 1.54) is 103 Å². The molecule has 5 aliphatic rings. The van der Waals surface area contributed by atoms with Crippen LogP contribution in [0.2, 0.25) is 0 Å². The van der Waals surface area contributed by atoms with Crippen LogP contribution in [-0.2, 0) is 0 Å². The molecule has 5 rings (SSSR count). The number of likely N-dealkylation sites (N-methyl/N-ethyl adjacent to an activating group) is 1. The third-order valence-electron chi connectivity index (χ3n) is 10.3. The molecule has 29 heavy (non-hydrogen) atoms. The maximum atomic E-state index is 2.91. The van der Waals surface area contributed by atoms with Gasteiger partial charge in [0.15, 0.2) is 0 Å². The van der Waals surface area contributed by atoms with Crippen molar-refractivity contribution in [2.75, 3.05) is 46.3 Å². The highest BCUT2D eigenvalue weighted by Gasteiger charge is 2.52. The second-order valence-corrected chi connectivity index (χ2v) is 13.2. The second-order valence-electron chi connectivity index (χ2n) is 13.2. The van der Waals surface area contributed by atoms with Crippen molar-refractivity contribution in [2.24, 2.45) is 22.2 Å². The maximum Gasteiger partial charge on any atom is 0.0223 e. The van der Waals surface area contributed by atoms with E-state index < -0.39 is 0 Å². The fourth-order valence-corrected chi connectivity index (χ4v) is 7.78. The Kier molecular flexibility index (Phi) is 5.36. The third kappa shape index (κ3) is 4.05. The van der Waals surface area contributed by atoms with Gasteiger partial charge in [0.2, 0.25) is 0 Å². The van der Waals surface area contributed by atoms with Gasteiger partial charge in [-0.25, -0.2) is 0 Å². The number of hydrogen-bond acceptors (Lipinski definition) is 3. The summed E-state index contributed by atoms with van der Waals surface area (Å²) in [6.07, 6.45) is 14.9. The standard InChI is InChI=1S/C26H47N3/c1-24(2,3)21-16-25(17-21)7-14-29(15-8-25)23-18-26(19-23)9-12-28(13-10-26)22-6-5-11-27(4)20-22/h21-23H,5-20H2,1-4H3. The van der Waals surface area contributed by atoms with Crippen LogP contribution >= 0.6 is 0 Å². The normalized spacial score (nSPS) is 35.0. The number of piperidine rings is 3. The van der Waals surface area contributed by atoms with Crippen LogP contribution in [0.25, 0.3) is 0 Å². The zero-order valence-corrected chi connectivity index (χ0v) is 19.9. The molecule has 3 heteroatoms. The Bertz CT molecular complexity index is 561. The molecule has 3 aliphatic heterocycles. The predicted molar refractivity (Wildman–Crippen MR) is 122 cm³/mol. The molecular weight excluding hydrogens is 354 g/mol. The summed E-state index contributed by atoms with van der Waals surface area (Å²) in [6, 6.07) is 1.78. The van der Waals surface area contributed by atoms with Crippen molar-refractivity contribution in [1.82, 2.24) is 14.7 Å². The molecule has 3 saturated heterocycles. The van der Waals surface area contributed by atoms with E-state index in [1.807, 2.05) is 0 Å². The first kappa shape index (κ1) is 20.8. The number of likely N-dealkylation sites (tertiary alicyclic amines) is 3. The van der Waals surface area contributed by atoms with Gasteiger partial charge >= 0.3 is 0 Å². The minimum Gasteiger partial charge on any atom is -0.305 e. The first-order valence-corrected chi connectivity index (χ1v) is 12.9. The van der Waals surface area contributed by atoms with E-state index in [0.717, 1.165) is 28.8 Å². The zero-order valence-electron chi connectivity index (χ0n) is 19.9. The van der Waals surface area contributed by atoms with Gasteiger partial charge in [0, 0.05) is 18.6 Å². The molecule has 1 atom stereocenters. The minimum atomic E-state index is 0.532. The third-order valence-corrected chi connectivity index (χ3v) is 10.3. The Balaban J connectivity index is 1.05. The van der Waals surface area contributed by atoms with Crippen LogP contribution in [0, 0.1) is 22.2 Å². The summed E-state index contributed by atoms with van der Waals surface area (Å²) in [4.78, 5) is 8.30. The summed E-state index contributed by atoms with van der Waals surface area (Å²) >= 11 is 0. The quantitative estimate of drug-likeness (QED) is 0.654. The Morgan fingerprint density at radius 3 is 1.72 bits per heavy atom. The first-order chi connectivity index (χ1) is 13.8. The smallest absolute Gasteiger partial charge is 0.0223 e. The number of hydrogen-bond donors (Lipinski definition) is 0. The van der Waals surface area contributed by atoms with Crippen molar-refractivity contribution < 1.29 is 0 Å². The number of rotatable bonds is 2. The molecule has 5 fully saturated rings. The molecule has 2 saturated carbocycles. The van der Waals surface area contributed by atoms with E-state index in [2.05, 4.69) is 42.5 Å². The summed E-state index contributed by atoms with van der Waals surface area (Å²) in [6.45, 7) is 15.5. The van der Waals surface area contributed by atoms with Gasteiger partial charge in [-0.2, -0.15) is 0 Å². The molecule has 0 N–H and O–H groups in total. The van der Waals surface area contributed by atoms with Crippen LogP contribution in [0.5, 0.6) is 0 Å². The van der Waals surface area contributed by atoms with Gasteiger partial charge in [-0.3, -0.25) is 4.90 Å². The van der Waals surface area contributed by atoms with Gasteiger partial charge in [0.1, 0.15) is 0 Å². The van der Waals surface area contributed by atoms with E-state index in [-0.39, 0.29) is 0 Å². The topological polar surface area (TPSA) is 9.72 Å². The molecule has 0 bridgehead atoms. The minimum absolute atomic E-state index is 0.532. The molecule has 0 radical (unpaired) electrons. The van der Waals surface area contributed by atoms with Gasteiger partial charge in [-0.05, 0) is 126 Å². The molecular formula is C26H47N3. The van der Waals surface area contributed by atoms with E-state index in [4.69, 9.17) is 0 Å². The van der Waals surface area contributed by atoms with Crippen molar-refractivity contribution in [3.8, 4) is 0 Å². The molecule has 3 nitrogen and oxygen atoms in total. The van der Waals surface area contributed by atoms with Crippen LogP contribution in [0.3, 0.4) is 0 Å². The SMILES string of the molecule is CN1CCCC(N2CCC3(CC2)CC(N2CCC4(CC2)CC(C(C)(C)C)C4)C3)C1. The summed E-state index contributed by atoms with van der Waals surface area (Å²) in [5.41, 5.74) is 2.00. The average Bonchev–Trinajstić information content (AvgIpc) is 2.64. The van der Waals surface area contributed by atoms with E-state index in [9.17, 15) is 0 Å².